The van der Waals surface area contributed by atoms with Crippen molar-refractivity contribution >= 4 is 47.2 Å². The number of amides is 1. The standard InChI is InChI=1S/C24H21ClN4O2S2/c1-15-3-5-16(6-4-15)23-27-28-24(32)29(23)14-22(30)26-17-7-12-21(20(25)13-17)33-19-10-8-18(31-2)9-11-19/h3-13H,14H2,1-2H3,(H,26,30)(H,28,32). The lowest BCUT2D eigenvalue weighted by Gasteiger charge is -2.10. The van der Waals surface area contributed by atoms with Gasteiger partial charge in [-0.15, -0.1) is 0 Å². The third-order valence-corrected chi connectivity index (χ3v) is 6.69. The Bertz CT molecular complexity index is 1330. The Hall–Kier alpha value is -3.07. The van der Waals surface area contributed by atoms with Crippen LogP contribution in [0, 0.1) is 11.7 Å². The second kappa shape index (κ2) is 10.2. The number of anilines is 1. The van der Waals surface area contributed by atoms with E-state index < -0.39 is 0 Å². The molecule has 0 saturated carbocycles. The zero-order valence-electron chi connectivity index (χ0n) is 18.0. The molecule has 6 nitrogen and oxygen atoms in total. The quantitative estimate of drug-likeness (QED) is 0.291. The number of rotatable bonds is 7. The number of ether oxygens (including phenoxy) is 1. The van der Waals surface area contributed by atoms with Crippen molar-refractivity contribution in [2.24, 2.45) is 0 Å². The SMILES string of the molecule is COc1ccc(Sc2ccc(NC(=O)Cn3c(-c4ccc(C)cc4)n[nH]c3=S)cc2Cl)cc1. The van der Waals surface area contributed by atoms with Crippen molar-refractivity contribution in [3.63, 3.8) is 0 Å². The van der Waals surface area contributed by atoms with E-state index in [0.29, 0.717) is 21.3 Å². The van der Waals surface area contributed by atoms with Gasteiger partial charge in [-0.1, -0.05) is 53.2 Å². The largest absolute Gasteiger partial charge is 0.497 e. The minimum Gasteiger partial charge on any atom is -0.497 e. The average Bonchev–Trinajstić information content (AvgIpc) is 3.16. The smallest absolute Gasteiger partial charge is 0.244 e. The number of aromatic nitrogens is 3. The van der Waals surface area contributed by atoms with Crippen LogP contribution in [0.2, 0.25) is 5.02 Å². The summed E-state index contributed by atoms with van der Waals surface area (Å²) in [7, 11) is 1.63. The number of halogens is 1. The summed E-state index contributed by atoms with van der Waals surface area (Å²) in [6.07, 6.45) is 0. The summed E-state index contributed by atoms with van der Waals surface area (Å²) in [5, 5.41) is 10.5. The van der Waals surface area contributed by atoms with E-state index >= 15 is 0 Å². The lowest BCUT2D eigenvalue weighted by atomic mass is 10.1. The molecule has 0 aliphatic heterocycles. The van der Waals surface area contributed by atoms with Crippen LogP contribution in [0.1, 0.15) is 5.56 Å². The first-order valence-electron chi connectivity index (χ1n) is 10.1. The van der Waals surface area contributed by atoms with Gasteiger partial charge in [0.2, 0.25) is 5.91 Å². The molecule has 33 heavy (non-hydrogen) atoms. The Kier molecular flexibility index (Phi) is 7.17. The third-order valence-electron chi connectivity index (χ3n) is 4.87. The summed E-state index contributed by atoms with van der Waals surface area (Å²) in [4.78, 5) is 14.7. The molecule has 4 rings (SSSR count). The Labute approximate surface area is 205 Å². The number of nitrogens with one attached hydrogen (secondary N) is 2. The van der Waals surface area contributed by atoms with Gasteiger partial charge in [-0.2, -0.15) is 5.10 Å². The van der Waals surface area contributed by atoms with Gasteiger partial charge in [-0.3, -0.25) is 14.5 Å². The average molecular weight is 497 g/mol. The molecular formula is C24H21ClN4O2S2. The Morgan fingerprint density at radius 3 is 2.55 bits per heavy atom. The zero-order chi connectivity index (χ0) is 23.4. The number of carbonyl (C=O) groups is 1. The molecule has 0 aliphatic carbocycles. The van der Waals surface area contributed by atoms with Crippen molar-refractivity contribution in [3.05, 3.63) is 82.1 Å². The van der Waals surface area contributed by atoms with Gasteiger partial charge in [0.05, 0.1) is 12.1 Å². The first kappa shape index (κ1) is 23.1. The number of hydrogen-bond acceptors (Lipinski definition) is 5. The fourth-order valence-electron chi connectivity index (χ4n) is 3.16. The second-order valence-electron chi connectivity index (χ2n) is 7.28. The molecule has 0 spiro atoms. The summed E-state index contributed by atoms with van der Waals surface area (Å²) in [5.41, 5.74) is 2.63. The van der Waals surface area contributed by atoms with Gasteiger partial charge in [0.25, 0.3) is 0 Å². The number of benzene rings is 3. The molecule has 3 aromatic carbocycles. The highest BCUT2D eigenvalue weighted by atomic mass is 35.5. The van der Waals surface area contributed by atoms with Gasteiger partial charge in [0, 0.05) is 21.0 Å². The molecule has 0 bridgehead atoms. The Morgan fingerprint density at radius 2 is 1.88 bits per heavy atom. The molecule has 9 heteroatoms. The summed E-state index contributed by atoms with van der Waals surface area (Å²) in [6, 6.07) is 21.1. The first-order chi connectivity index (χ1) is 15.9. The number of aromatic amines is 1. The predicted molar refractivity (Wildman–Crippen MR) is 135 cm³/mol. The van der Waals surface area contributed by atoms with Crippen molar-refractivity contribution in [2.75, 3.05) is 12.4 Å². The van der Waals surface area contributed by atoms with E-state index in [4.69, 9.17) is 28.6 Å². The summed E-state index contributed by atoms with van der Waals surface area (Å²) >= 11 is 13.3. The molecule has 1 heterocycles. The number of hydrogen-bond donors (Lipinski definition) is 2. The van der Waals surface area contributed by atoms with Crippen LogP contribution in [0.15, 0.2) is 76.5 Å². The van der Waals surface area contributed by atoms with Gasteiger partial charge in [-0.25, -0.2) is 0 Å². The predicted octanol–water partition coefficient (Wildman–Crippen LogP) is 6.37. The number of carbonyl (C=O) groups excluding carboxylic acids is 1. The van der Waals surface area contributed by atoms with Crippen molar-refractivity contribution in [1.82, 2.24) is 14.8 Å². The van der Waals surface area contributed by atoms with Crippen LogP contribution in [0.5, 0.6) is 5.75 Å². The van der Waals surface area contributed by atoms with Crippen molar-refractivity contribution in [2.45, 2.75) is 23.3 Å². The number of aryl methyl sites for hydroxylation is 1. The number of nitrogens with zero attached hydrogens (tertiary/aromatic N) is 2. The molecule has 1 aromatic heterocycles. The van der Waals surface area contributed by atoms with Crippen molar-refractivity contribution in [1.29, 1.82) is 0 Å². The van der Waals surface area contributed by atoms with Crippen molar-refractivity contribution in [3.8, 4) is 17.1 Å². The maximum atomic E-state index is 12.7. The Balaban J connectivity index is 1.45. The van der Waals surface area contributed by atoms with Gasteiger partial charge >= 0.3 is 0 Å². The molecule has 2 N–H and O–H groups in total. The molecule has 0 fully saturated rings. The molecule has 0 atom stereocenters. The molecular weight excluding hydrogens is 476 g/mol. The molecule has 0 radical (unpaired) electrons. The normalized spacial score (nSPS) is 10.8. The van der Waals surface area contributed by atoms with E-state index in [1.807, 2.05) is 67.6 Å². The minimum atomic E-state index is -0.229. The lowest BCUT2D eigenvalue weighted by Crippen LogP contribution is -2.19. The Morgan fingerprint density at radius 1 is 1.15 bits per heavy atom. The fourth-order valence-corrected chi connectivity index (χ4v) is 4.48. The lowest BCUT2D eigenvalue weighted by molar-refractivity contribution is -0.116. The zero-order valence-corrected chi connectivity index (χ0v) is 20.4. The van der Waals surface area contributed by atoms with Crippen LogP contribution in [0.25, 0.3) is 11.4 Å². The van der Waals surface area contributed by atoms with Gasteiger partial charge < -0.3 is 10.1 Å². The molecule has 0 aliphatic rings. The van der Waals surface area contributed by atoms with Crippen LogP contribution in [0.3, 0.4) is 0 Å². The molecule has 0 unspecified atom stereocenters. The maximum Gasteiger partial charge on any atom is 0.244 e. The van der Waals surface area contributed by atoms with E-state index in [2.05, 4.69) is 15.5 Å². The molecule has 0 saturated heterocycles. The minimum absolute atomic E-state index is 0.0263. The first-order valence-corrected chi connectivity index (χ1v) is 11.7. The van der Waals surface area contributed by atoms with Gasteiger partial charge in [0.15, 0.2) is 10.6 Å². The highest BCUT2D eigenvalue weighted by molar-refractivity contribution is 7.99. The molecule has 168 valence electrons. The third kappa shape index (κ3) is 5.65. The van der Waals surface area contributed by atoms with Crippen LogP contribution >= 0.6 is 35.6 Å². The molecule has 1 amide bonds. The van der Waals surface area contributed by atoms with Gasteiger partial charge in [-0.05, 0) is 61.6 Å². The number of H-pyrrole nitrogens is 1. The van der Waals surface area contributed by atoms with E-state index in [9.17, 15) is 4.79 Å². The maximum absolute atomic E-state index is 12.7. The van der Waals surface area contributed by atoms with E-state index in [1.54, 1.807) is 17.7 Å². The van der Waals surface area contributed by atoms with Crippen LogP contribution < -0.4 is 10.1 Å². The summed E-state index contributed by atoms with van der Waals surface area (Å²) < 4.78 is 7.24. The van der Waals surface area contributed by atoms with Crippen LogP contribution in [-0.4, -0.2) is 27.8 Å². The highest BCUT2D eigenvalue weighted by Gasteiger charge is 2.13. The van der Waals surface area contributed by atoms with E-state index in [0.717, 1.165) is 26.7 Å². The number of methoxy groups -OCH3 is 1. The van der Waals surface area contributed by atoms with Crippen molar-refractivity contribution < 1.29 is 9.53 Å². The fraction of sp³-hybridized carbons (Fsp3) is 0.125. The molecule has 4 aromatic rings. The summed E-state index contributed by atoms with van der Waals surface area (Å²) in [5.74, 6) is 1.18. The van der Waals surface area contributed by atoms with Crippen LogP contribution in [0.4, 0.5) is 5.69 Å². The second-order valence-corrected chi connectivity index (χ2v) is 9.18. The topological polar surface area (TPSA) is 71.9 Å². The summed E-state index contributed by atoms with van der Waals surface area (Å²) in [6.45, 7) is 2.04. The van der Waals surface area contributed by atoms with E-state index in [1.165, 1.54) is 11.8 Å². The van der Waals surface area contributed by atoms with Crippen LogP contribution in [-0.2, 0) is 11.3 Å². The monoisotopic (exact) mass is 496 g/mol. The highest BCUT2D eigenvalue weighted by Crippen LogP contribution is 2.35. The van der Waals surface area contributed by atoms with E-state index in [-0.39, 0.29) is 12.5 Å². The van der Waals surface area contributed by atoms with Gasteiger partial charge in [0.1, 0.15) is 12.3 Å².